The van der Waals surface area contributed by atoms with Crippen molar-refractivity contribution in [3.8, 4) is 0 Å². The molecule has 0 aromatic carbocycles. The van der Waals surface area contributed by atoms with Crippen LogP contribution in [0.3, 0.4) is 0 Å². The first kappa shape index (κ1) is 14.0. The highest BCUT2D eigenvalue weighted by Gasteiger charge is 2.32. The Labute approximate surface area is 99.3 Å². The maximum absolute atomic E-state index is 12.5. The van der Waals surface area contributed by atoms with Crippen LogP contribution in [0.1, 0.15) is 31.2 Å². The molecule has 0 amide bonds. The minimum atomic E-state index is -4.37. The summed E-state index contributed by atoms with van der Waals surface area (Å²) in [6, 6.07) is 4.22. The van der Waals surface area contributed by atoms with Gasteiger partial charge in [-0.2, -0.15) is 13.2 Å². The molecule has 0 saturated carbocycles. The average Bonchev–Trinajstić information content (AvgIpc) is 2.28. The van der Waals surface area contributed by atoms with Crippen molar-refractivity contribution in [2.75, 3.05) is 7.05 Å². The first-order chi connectivity index (χ1) is 7.97. The molecule has 0 fully saturated rings. The molecule has 0 bridgehead atoms. The lowest BCUT2D eigenvalue weighted by molar-refractivity contribution is -0.141. The summed E-state index contributed by atoms with van der Waals surface area (Å²) >= 11 is 0. The van der Waals surface area contributed by atoms with E-state index in [0.717, 1.165) is 18.9 Å². The number of pyridine rings is 1. The molecule has 0 aliphatic carbocycles. The number of nitrogens with one attached hydrogen (secondary N) is 1. The van der Waals surface area contributed by atoms with Crippen molar-refractivity contribution in [3.63, 3.8) is 0 Å². The molecule has 0 saturated heterocycles. The molecule has 0 spiro atoms. The molecule has 1 N–H and O–H groups in total. The lowest BCUT2D eigenvalue weighted by Crippen LogP contribution is -2.28. The summed E-state index contributed by atoms with van der Waals surface area (Å²) in [7, 11) is 1.81. The maximum atomic E-state index is 12.5. The van der Waals surface area contributed by atoms with Gasteiger partial charge in [-0.05, 0) is 25.6 Å². The standard InChI is InChI=1S/C12H17F3N2/c1-3-5-9(16-2)8-10-6-4-7-11(17-10)12(13,14)15/h4,6-7,9,16H,3,5,8H2,1-2H3. The van der Waals surface area contributed by atoms with Crippen LogP contribution in [0.25, 0.3) is 0 Å². The molecule has 0 radical (unpaired) electrons. The second-order valence-electron chi connectivity index (χ2n) is 3.99. The van der Waals surface area contributed by atoms with Crippen molar-refractivity contribution in [1.82, 2.24) is 10.3 Å². The first-order valence-electron chi connectivity index (χ1n) is 5.67. The van der Waals surface area contributed by atoms with Crippen molar-refractivity contribution in [3.05, 3.63) is 29.6 Å². The predicted octanol–water partition coefficient (Wildman–Crippen LogP) is 3.03. The Morgan fingerprint density at radius 2 is 2.06 bits per heavy atom. The number of alkyl halides is 3. The lowest BCUT2D eigenvalue weighted by atomic mass is 10.1. The van der Waals surface area contributed by atoms with Crippen molar-refractivity contribution >= 4 is 0 Å². The van der Waals surface area contributed by atoms with Gasteiger partial charge in [-0.1, -0.05) is 19.4 Å². The molecular formula is C12H17F3N2. The van der Waals surface area contributed by atoms with Crippen molar-refractivity contribution < 1.29 is 13.2 Å². The fraction of sp³-hybridized carbons (Fsp3) is 0.583. The topological polar surface area (TPSA) is 24.9 Å². The molecule has 1 aromatic rings. The third-order valence-electron chi connectivity index (χ3n) is 2.60. The zero-order chi connectivity index (χ0) is 12.9. The predicted molar refractivity (Wildman–Crippen MR) is 60.7 cm³/mol. The maximum Gasteiger partial charge on any atom is 0.433 e. The van der Waals surface area contributed by atoms with Crippen LogP contribution < -0.4 is 5.32 Å². The van der Waals surface area contributed by atoms with Gasteiger partial charge in [0.2, 0.25) is 0 Å². The highest BCUT2D eigenvalue weighted by atomic mass is 19.4. The molecule has 0 aliphatic rings. The van der Waals surface area contributed by atoms with Gasteiger partial charge >= 0.3 is 6.18 Å². The van der Waals surface area contributed by atoms with E-state index in [-0.39, 0.29) is 6.04 Å². The van der Waals surface area contributed by atoms with Gasteiger partial charge in [0.05, 0.1) is 0 Å². The van der Waals surface area contributed by atoms with Crippen LogP contribution in [-0.2, 0) is 12.6 Å². The first-order valence-corrected chi connectivity index (χ1v) is 5.67. The number of rotatable bonds is 5. The monoisotopic (exact) mass is 246 g/mol. The van der Waals surface area contributed by atoms with Crippen LogP contribution in [0.15, 0.2) is 18.2 Å². The second kappa shape index (κ2) is 6.00. The van der Waals surface area contributed by atoms with E-state index >= 15 is 0 Å². The Morgan fingerprint density at radius 1 is 1.35 bits per heavy atom. The van der Waals surface area contributed by atoms with Crippen molar-refractivity contribution in [1.29, 1.82) is 0 Å². The number of halogens is 3. The summed E-state index contributed by atoms with van der Waals surface area (Å²) < 4.78 is 37.4. The largest absolute Gasteiger partial charge is 0.433 e. The smallest absolute Gasteiger partial charge is 0.317 e. The van der Waals surface area contributed by atoms with E-state index in [0.29, 0.717) is 12.1 Å². The van der Waals surface area contributed by atoms with Crippen LogP contribution in [-0.4, -0.2) is 18.1 Å². The quantitative estimate of drug-likeness (QED) is 0.863. The summed E-state index contributed by atoms with van der Waals surface area (Å²) in [5.74, 6) is 0. The minimum absolute atomic E-state index is 0.177. The molecule has 1 rings (SSSR count). The lowest BCUT2D eigenvalue weighted by Gasteiger charge is -2.15. The zero-order valence-corrected chi connectivity index (χ0v) is 10.0. The summed E-state index contributed by atoms with van der Waals surface area (Å²) in [4.78, 5) is 3.65. The van der Waals surface area contributed by atoms with E-state index in [4.69, 9.17) is 0 Å². The van der Waals surface area contributed by atoms with Gasteiger partial charge in [0.15, 0.2) is 0 Å². The Balaban J connectivity index is 2.78. The van der Waals surface area contributed by atoms with E-state index in [1.807, 2.05) is 14.0 Å². The average molecular weight is 246 g/mol. The summed E-state index contributed by atoms with van der Waals surface area (Å²) in [5, 5.41) is 3.09. The molecular weight excluding hydrogens is 229 g/mol. The minimum Gasteiger partial charge on any atom is -0.317 e. The molecule has 5 heteroatoms. The number of likely N-dealkylation sites (N-methyl/N-ethyl adjacent to an activating group) is 1. The molecule has 2 nitrogen and oxygen atoms in total. The number of hydrogen-bond acceptors (Lipinski definition) is 2. The third-order valence-corrected chi connectivity index (χ3v) is 2.60. The molecule has 0 aliphatic heterocycles. The van der Waals surface area contributed by atoms with Gasteiger partial charge in [-0.15, -0.1) is 0 Å². The Kier molecular flexibility index (Phi) is 4.93. The SMILES string of the molecule is CCCC(Cc1cccc(C(F)(F)F)n1)NC. The summed E-state index contributed by atoms with van der Waals surface area (Å²) in [5.41, 5.74) is -0.339. The summed E-state index contributed by atoms with van der Waals surface area (Å²) in [6.45, 7) is 2.05. The van der Waals surface area contributed by atoms with E-state index in [2.05, 4.69) is 10.3 Å². The number of nitrogens with zero attached hydrogens (tertiary/aromatic N) is 1. The molecule has 17 heavy (non-hydrogen) atoms. The molecule has 1 atom stereocenters. The zero-order valence-electron chi connectivity index (χ0n) is 10.0. The Bertz CT molecular complexity index is 350. The van der Waals surface area contributed by atoms with Gasteiger partial charge in [0.25, 0.3) is 0 Å². The fourth-order valence-electron chi connectivity index (χ4n) is 1.70. The van der Waals surface area contributed by atoms with Gasteiger partial charge in [-0.3, -0.25) is 0 Å². The van der Waals surface area contributed by atoms with Crippen molar-refractivity contribution in [2.24, 2.45) is 0 Å². The molecule has 1 heterocycles. The van der Waals surface area contributed by atoms with Crippen LogP contribution in [0, 0.1) is 0 Å². The molecule has 1 unspecified atom stereocenters. The normalized spacial score (nSPS) is 13.7. The van der Waals surface area contributed by atoms with Gasteiger partial charge in [0, 0.05) is 18.2 Å². The number of aromatic nitrogens is 1. The summed E-state index contributed by atoms with van der Waals surface area (Å²) in [6.07, 6.45) is -1.93. The van der Waals surface area contributed by atoms with Crippen LogP contribution in [0.5, 0.6) is 0 Å². The highest BCUT2D eigenvalue weighted by molar-refractivity contribution is 5.14. The van der Waals surface area contributed by atoms with E-state index < -0.39 is 11.9 Å². The van der Waals surface area contributed by atoms with Gasteiger partial charge in [0.1, 0.15) is 5.69 Å². The van der Waals surface area contributed by atoms with Crippen LogP contribution >= 0.6 is 0 Å². The number of hydrogen-bond donors (Lipinski definition) is 1. The highest BCUT2D eigenvalue weighted by Crippen LogP contribution is 2.27. The Hall–Kier alpha value is -1.10. The van der Waals surface area contributed by atoms with E-state index in [9.17, 15) is 13.2 Å². The Morgan fingerprint density at radius 3 is 2.59 bits per heavy atom. The molecule has 1 aromatic heterocycles. The van der Waals surface area contributed by atoms with Gasteiger partial charge < -0.3 is 5.32 Å². The second-order valence-corrected chi connectivity index (χ2v) is 3.99. The van der Waals surface area contributed by atoms with Crippen molar-refractivity contribution in [2.45, 2.75) is 38.4 Å². The van der Waals surface area contributed by atoms with Gasteiger partial charge in [-0.25, -0.2) is 4.98 Å². The fourth-order valence-corrected chi connectivity index (χ4v) is 1.70. The van der Waals surface area contributed by atoms with E-state index in [1.165, 1.54) is 6.07 Å². The third kappa shape index (κ3) is 4.34. The van der Waals surface area contributed by atoms with Crippen LogP contribution in [0.4, 0.5) is 13.2 Å². The molecule has 96 valence electrons. The van der Waals surface area contributed by atoms with E-state index in [1.54, 1.807) is 6.07 Å². The van der Waals surface area contributed by atoms with Crippen LogP contribution in [0.2, 0.25) is 0 Å².